The Bertz CT molecular complexity index is 805. The molecule has 0 spiro atoms. The Morgan fingerprint density at radius 2 is 2.00 bits per heavy atom. The molecule has 0 aliphatic carbocycles. The van der Waals surface area contributed by atoms with E-state index in [1.54, 1.807) is 25.3 Å². The van der Waals surface area contributed by atoms with Gasteiger partial charge in [0.15, 0.2) is 0 Å². The summed E-state index contributed by atoms with van der Waals surface area (Å²) >= 11 is 6.12. The lowest BCUT2D eigenvalue weighted by molar-refractivity contribution is -0.120. The van der Waals surface area contributed by atoms with Crippen LogP contribution in [0.5, 0.6) is 5.75 Å². The SMILES string of the molecule is COc1ccc(NC(=O)[C@H](C)N2CC=C(c3ccccc3)CC2)cc1Cl. The van der Waals surface area contributed by atoms with E-state index in [1.165, 1.54) is 11.1 Å². The molecule has 0 saturated heterocycles. The van der Waals surface area contributed by atoms with E-state index in [4.69, 9.17) is 16.3 Å². The molecule has 5 heteroatoms. The third-order valence-electron chi connectivity index (χ3n) is 4.73. The Kier molecular flexibility index (Phi) is 5.96. The van der Waals surface area contributed by atoms with Crippen LogP contribution in [0.2, 0.25) is 5.02 Å². The van der Waals surface area contributed by atoms with Gasteiger partial charge in [0.1, 0.15) is 5.75 Å². The van der Waals surface area contributed by atoms with Crippen LogP contribution in [-0.4, -0.2) is 37.0 Å². The molecule has 2 aromatic carbocycles. The molecule has 0 unspecified atom stereocenters. The maximum absolute atomic E-state index is 12.6. The summed E-state index contributed by atoms with van der Waals surface area (Å²) in [6, 6.07) is 15.4. The minimum atomic E-state index is -0.218. The van der Waals surface area contributed by atoms with Gasteiger partial charge in [-0.25, -0.2) is 0 Å². The first-order chi connectivity index (χ1) is 12.6. The van der Waals surface area contributed by atoms with Gasteiger partial charge in [-0.3, -0.25) is 9.69 Å². The number of ether oxygens (including phenoxy) is 1. The number of hydrogen-bond acceptors (Lipinski definition) is 3. The Morgan fingerprint density at radius 1 is 1.23 bits per heavy atom. The third kappa shape index (κ3) is 4.26. The second kappa shape index (κ2) is 8.39. The van der Waals surface area contributed by atoms with Crippen LogP contribution in [0, 0.1) is 0 Å². The molecule has 0 aromatic heterocycles. The molecule has 1 heterocycles. The lowest BCUT2D eigenvalue weighted by atomic mass is 9.99. The first-order valence-electron chi connectivity index (χ1n) is 8.71. The molecule has 136 valence electrons. The van der Waals surface area contributed by atoms with E-state index < -0.39 is 0 Å². The van der Waals surface area contributed by atoms with Gasteiger partial charge in [-0.05, 0) is 42.7 Å². The Labute approximate surface area is 159 Å². The van der Waals surface area contributed by atoms with Crippen molar-refractivity contribution in [3.8, 4) is 5.75 Å². The van der Waals surface area contributed by atoms with Gasteiger partial charge in [-0.1, -0.05) is 48.0 Å². The Morgan fingerprint density at radius 3 is 2.62 bits per heavy atom. The zero-order valence-electron chi connectivity index (χ0n) is 15.0. The van der Waals surface area contributed by atoms with E-state index in [1.807, 2.05) is 13.0 Å². The molecule has 1 aliphatic rings. The zero-order valence-corrected chi connectivity index (χ0v) is 15.8. The van der Waals surface area contributed by atoms with Crippen molar-refractivity contribution in [2.24, 2.45) is 0 Å². The highest BCUT2D eigenvalue weighted by atomic mass is 35.5. The maximum Gasteiger partial charge on any atom is 0.241 e. The van der Waals surface area contributed by atoms with Crippen LogP contribution < -0.4 is 10.1 Å². The summed E-state index contributed by atoms with van der Waals surface area (Å²) in [7, 11) is 1.56. The van der Waals surface area contributed by atoms with Crippen LogP contribution >= 0.6 is 11.6 Å². The number of carbonyl (C=O) groups excluding carboxylic acids is 1. The maximum atomic E-state index is 12.6. The molecule has 0 saturated carbocycles. The second-order valence-electron chi connectivity index (χ2n) is 6.35. The quantitative estimate of drug-likeness (QED) is 0.844. The average molecular weight is 371 g/mol. The number of nitrogens with one attached hydrogen (secondary N) is 1. The highest BCUT2D eigenvalue weighted by Gasteiger charge is 2.23. The van der Waals surface area contributed by atoms with Gasteiger partial charge in [0.2, 0.25) is 5.91 Å². The number of methoxy groups -OCH3 is 1. The number of amides is 1. The predicted molar refractivity (Wildman–Crippen MR) is 107 cm³/mol. The van der Waals surface area contributed by atoms with Crippen molar-refractivity contribution in [3.05, 3.63) is 65.2 Å². The number of benzene rings is 2. The van der Waals surface area contributed by atoms with E-state index in [9.17, 15) is 4.79 Å². The highest BCUT2D eigenvalue weighted by molar-refractivity contribution is 6.32. The molecule has 26 heavy (non-hydrogen) atoms. The van der Waals surface area contributed by atoms with Gasteiger partial charge < -0.3 is 10.1 Å². The molecule has 1 N–H and O–H groups in total. The number of hydrogen-bond donors (Lipinski definition) is 1. The van der Waals surface area contributed by atoms with Crippen LogP contribution in [0.15, 0.2) is 54.6 Å². The predicted octanol–water partition coefficient (Wildman–Crippen LogP) is 4.46. The fraction of sp³-hybridized carbons (Fsp3) is 0.286. The number of nitrogens with zero attached hydrogens (tertiary/aromatic N) is 1. The van der Waals surface area contributed by atoms with Crippen molar-refractivity contribution in [1.82, 2.24) is 4.90 Å². The van der Waals surface area contributed by atoms with Crippen molar-refractivity contribution in [2.75, 3.05) is 25.5 Å². The van der Waals surface area contributed by atoms with Crippen molar-refractivity contribution >= 4 is 28.8 Å². The summed E-state index contributed by atoms with van der Waals surface area (Å²) in [5.74, 6) is 0.551. The Hall–Kier alpha value is -2.30. The summed E-state index contributed by atoms with van der Waals surface area (Å²) in [4.78, 5) is 14.8. The fourth-order valence-electron chi connectivity index (χ4n) is 3.11. The first kappa shape index (κ1) is 18.5. The minimum Gasteiger partial charge on any atom is -0.495 e. The molecule has 0 radical (unpaired) electrons. The van der Waals surface area contributed by atoms with Crippen LogP contribution in [0.1, 0.15) is 18.9 Å². The van der Waals surface area contributed by atoms with Crippen molar-refractivity contribution in [1.29, 1.82) is 0 Å². The normalized spacial score (nSPS) is 15.9. The first-order valence-corrected chi connectivity index (χ1v) is 9.09. The molecule has 0 bridgehead atoms. The van der Waals surface area contributed by atoms with Crippen LogP contribution in [0.4, 0.5) is 5.69 Å². The zero-order chi connectivity index (χ0) is 18.5. The van der Waals surface area contributed by atoms with E-state index in [-0.39, 0.29) is 11.9 Å². The van der Waals surface area contributed by atoms with Gasteiger partial charge in [0, 0.05) is 18.8 Å². The molecular weight excluding hydrogens is 348 g/mol. The molecule has 1 atom stereocenters. The second-order valence-corrected chi connectivity index (χ2v) is 6.76. The molecule has 0 fully saturated rings. The van der Waals surface area contributed by atoms with E-state index in [0.717, 1.165) is 19.5 Å². The van der Waals surface area contributed by atoms with Crippen molar-refractivity contribution in [2.45, 2.75) is 19.4 Å². The summed E-state index contributed by atoms with van der Waals surface area (Å²) in [5.41, 5.74) is 3.28. The number of halogens is 1. The Balaban J connectivity index is 1.61. The van der Waals surface area contributed by atoms with Gasteiger partial charge in [-0.15, -0.1) is 0 Å². The van der Waals surface area contributed by atoms with Crippen molar-refractivity contribution in [3.63, 3.8) is 0 Å². The molecule has 3 rings (SSSR count). The summed E-state index contributed by atoms with van der Waals surface area (Å²) in [6.45, 7) is 3.56. The molecule has 4 nitrogen and oxygen atoms in total. The molecule has 1 aliphatic heterocycles. The van der Waals surface area contributed by atoms with Crippen LogP contribution in [0.3, 0.4) is 0 Å². The van der Waals surface area contributed by atoms with Gasteiger partial charge in [-0.2, -0.15) is 0 Å². The van der Waals surface area contributed by atoms with Crippen molar-refractivity contribution < 1.29 is 9.53 Å². The monoisotopic (exact) mass is 370 g/mol. The van der Waals surface area contributed by atoms with Gasteiger partial charge >= 0.3 is 0 Å². The van der Waals surface area contributed by atoms with E-state index in [0.29, 0.717) is 16.5 Å². The minimum absolute atomic E-state index is 0.0391. The summed E-state index contributed by atoms with van der Waals surface area (Å²) < 4.78 is 5.13. The number of rotatable bonds is 5. The molecule has 2 aromatic rings. The van der Waals surface area contributed by atoms with Crippen LogP contribution in [-0.2, 0) is 4.79 Å². The number of anilines is 1. The smallest absolute Gasteiger partial charge is 0.241 e. The highest BCUT2D eigenvalue weighted by Crippen LogP contribution is 2.28. The molecule has 1 amide bonds. The topological polar surface area (TPSA) is 41.6 Å². The summed E-state index contributed by atoms with van der Waals surface area (Å²) in [5, 5.41) is 3.41. The standard InChI is InChI=1S/C21H23ClN2O2/c1-15(21(25)23-18-8-9-20(26-2)19(22)14-18)24-12-10-17(11-13-24)16-6-4-3-5-7-16/h3-10,14-15H,11-13H2,1-2H3,(H,23,25)/t15-/m0/s1. The average Bonchev–Trinajstić information content (AvgIpc) is 2.68. The number of carbonyl (C=O) groups is 1. The lowest BCUT2D eigenvalue weighted by Gasteiger charge is -2.31. The van der Waals surface area contributed by atoms with Gasteiger partial charge in [0.05, 0.1) is 18.2 Å². The largest absolute Gasteiger partial charge is 0.495 e. The fourth-order valence-corrected chi connectivity index (χ4v) is 3.37. The third-order valence-corrected chi connectivity index (χ3v) is 5.03. The van der Waals surface area contributed by atoms with Crippen LogP contribution in [0.25, 0.3) is 5.57 Å². The van der Waals surface area contributed by atoms with E-state index >= 15 is 0 Å². The summed E-state index contributed by atoms with van der Waals surface area (Å²) in [6.07, 6.45) is 3.16. The molecular formula is C21H23ClN2O2. The van der Waals surface area contributed by atoms with E-state index in [2.05, 4.69) is 40.6 Å². The lowest BCUT2D eigenvalue weighted by Crippen LogP contribution is -2.44. The van der Waals surface area contributed by atoms with Gasteiger partial charge in [0.25, 0.3) is 0 Å².